The average Bonchev–Trinajstić information content (AvgIpc) is 3.33. The maximum Gasteiger partial charge on any atom is 0.407 e. The Morgan fingerprint density at radius 3 is 2.60 bits per heavy atom. The number of aliphatic hydroxyl groups is 1. The molecular weight excluding hydrogens is 446 g/mol. The molecule has 1 saturated heterocycles. The van der Waals surface area contributed by atoms with Crippen LogP contribution in [0.5, 0.6) is 0 Å². The predicted molar refractivity (Wildman–Crippen MR) is 131 cm³/mol. The summed E-state index contributed by atoms with van der Waals surface area (Å²) >= 11 is 0. The summed E-state index contributed by atoms with van der Waals surface area (Å²) in [7, 11) is 0. The molecule has 2 unspecified atom stereocenters. The highest BCUT2D eigenvalue weighted by Gasteiger charge is 2.53. The van der Waals surface area contributed by atoms with E-state index < -0.39 is 17.7 Å². The molecule has 0 radical (unpaired) electrons. The number of benzene rings is 1. The van der Waals surface area contributed by atoms with Crippen molar-refractivity contribution in [3.63, 3.8) is 0 Å². The van der Waals surface area contributed by atoms with Gasteiger partial charge in [-0.15, -0.1) is 0 Å². The fourth-order valence-electron chi connectivity index (χ4n) is 5.61. The summed E-state index contributed by atoms with van der Waals surface area (Å²) in [6.07, 6.45) is 2.89. The van der Waals surface area contributed by atoms with Gasteiger partial charge in [0.05, 0.1) is 23.9 Å². The van der Waals surface area contributed by atoms with E-state index >= 15 is 0 Å². The second-order valence-electron chi connectivity index (χ2n) is 9.33. The van der Waals surface area contributed by atoms with Gasteiger partial charge in [-0.05, 0) is 30.5 Å². The van der Waals surface area contributed by atoms with Crippen LogP contribution in [0.15, 0.2) is 65.7 Å². The van der Waals surface area contributed by atoms with Crippen molar-refractivity contribution in [2.24, 2.45) is 5.92 Å². The fraction of sp³-hybridized carbons (Fsp3) is 0.385. The number of β-amino-alcohol motifs (C(OH)–C–C–N with tert-alkyl or cyclic N) is 1. The molecule has 9 heteroatoms. The highest BCUT2D eigenvalue weighted by atomic mass is 16.4. The van der Waals surface area contributed by atoms with E-state index in [-0.39, 0.29) is 18.0 Å². The van der Waals surface area contributed by atoms with E-state index in [0.29, 0.717) is 37.7 Å². The van der Waals surface area contributed by atoms with Crippen molar-refractivity contribution >= 4 is 12.0 Å². The number of anilines is 1. The van der Waals surface area contributed by atoms with Crippen molar-refractivity contribution in [1.29, 1.82) is 0 Å². The van der Waals surface area contributed by atoms with Gasteiger partial charge in [-0.25, -0.2) is 9.78 Å². The first kappa shape index (κ1) is 23.0. The molecule has 4 heterocycles. The Balaban J connectivity index is 1.66. The molecule has 2 aliphatic rings. The third-order valence-corrected chi connectivity index (χ3v) is 7.49. The van der Waals surface area contributed by atoms with Gasteiger partial charge >= 0.3 is 6.09 Å². The third kappa shape index (κ3) is 4.05. The highest BCUT2D eigenvalue weighted by molar-refractivity contribution is 5.66. The summed E-state index contributed by atoms with van der Waals surface area (Å²) in [6.45, 7) is 3.42. The highest BCUT2D eigenvalue weighted by Crippen LogP contribution is 2.44. The normalized spacial score (nSPS) is 22.3. The summed E-state index contributed by atoms with van der Waals surface area (Å²) in [5.41, 5.74) is 1.32. The van der Waals surface area contributed by atoms with Crippen molar-refractivity contribution < 1.29 is 15.0 Å². The second-order valence-corrected chi connectivity index (χ2v) is 9.33. The quantitative estimate of drug-likeness (QED) is 0.583. The second kappa shape index (κ2) is 9.14. The lowest BCUT2D eigenvalue weighted by molar-refractivity contribution is 0.127. The van der Waals surface area contributed by atoms with Crippen molar-refractivity contribution in [1.82, 2.24) is 19.4 Å². The molecular formula is C26H29N5O4. The van der Waals surface area contributed by atoms with Gasteiger partial charge in [0, 0.05) is 49.6 Å². The molecule has 3 aromatic rings. The number of likely N-dealkylation sites (tertiary alicyclic amines) is 1. The summed E-state index contributed by atoms with van der Waals surface area (Å²) in [5.74, 6) is 0.491. The SMILES string of the molecule is CCC1Cn2c(nc(-c3ccncc3)cc2=O)N(C[C@@H](O)c2ccccc2)C12CCN(C(=O)O)C2. The Labute approximate surface area is 203 Å². The number of aliphatic hydroxyl groups excluding tert-OH is 1. The number of rotatable bonds is 5. The number of hydrogen-bond donors (Lipinski definition) is 2. The van der Waals surface area contributed by atoms with Gasteiger partial charge in [0.1, 0.15) is 0 Å². The molecule has 0 bridgehead atoms. The number of nitrogens with zero attached hydrogens (tertiary/aromatic N) is 5. The van der Waals surface area contributed by atoms with Crippen LogP contribution in [0.1, 0.15) is 31.4 Å². The smallest absolute Gasteiger partial charge is 0.407 e. The van der Waals surface area contributed by atoms with E-state index in [1.807, 2.05) is 35.2 Å². The summed E-state index contributed by atoms with van der Waals surface area (Å²) in [5, 5.41) is 21.0. The van der Waals surface area contributed by atoms with Crippen molar-refractivity contribution in [3.8, 4) is 11.3 Å². The van der Waals surface area contributed by atoms with Crippen LogP contribution in [0.2, 0.25) is 0 Å². The monoisotopic (exact) mass is 475 g/mol. The molecule has 5 rings (SSSR count). The summed E-state index contributed by atoms with van der Waals surface area (Å²) in [6, 6.07) is 14.5. The molecule has 0 aliphatic carbocycles. The first-order chi connectivity index (χ1) is 16.9. The van der Waals surface area contributed by atoms with Gasteiger partial charge in [0.25, 0.3) is 5.56 Å². The maximum atomic E-state index is 13.3. The first-order valence-electron chi connectivity index (χ1n) is 11.9. The van der Waals surface area contributed by atoms with Crippen LogP contribution < -0.4 is 10.5 Å². The Morgan fingerprint density at radius 2 is 1.94 bits per heavy atom. The summed E-state index contributed by atoms with van der Waals surface area (Å²) < 4.78 is 1.67. The molecule has 9 nitrogen and oxygen atoms in total. The minimum absolute atomic E-state index is 0.0219. The van der Waals surface area contributed by atoms with E-state index in [1.54, 1.807) is 29.1 Å². The van der Waals surface area contributed by atoms with Gasteiger partial charge in [0.15, 0.2) is 0 Å². The number of pyridine rings is 1. The Morgan fingerprint density at radius 1 is 1.20 bits per heavy atom. The van der Waals surface area contributed by atoms with Gasteiger partial charge in [-0.2, -0.15) is 0 Å². The third-order valence-electron chi connectivity index (χ3n) is 7.49. The number of carboxylic acid groups (broad SMARTS) is 1. The van der Waals surface area contributed by atoms with Gasteiger partial charge in [0.2, 0.25) is 5.95 Å². The van der Waals surface area contributed by atoms with Crippen LogP contribution in [-0.4, -0.2) is 60.9 Å². The maximum absolute atomic E-state index is 13.3. The van der Waals surface area contributed by atoms with E-state index in [2.05, 4.69) is 11.9 Å². The molecule has 2 N–H and O–H groups in total. The number of fused-ring (bicyclic) bond motifs is 1. The molecule has 2 aliphatic heterocycles. The zero-order chi connectivity index (χ0) is 24.6. The van der Waals surface area contributed by atoms with Crippen LogP contribution in [0.25, 0.3) is 11.3 Å². The molecule has 3 atom stereocenters. The molecule has 1 spiro atoms. The average molecular weight is 476 g/mol. The number of carbonyl (C=O) groups is 1. The molecule has 2 aromatic heterocycles. The fourth-order valence-corrected chi connectivity index (χ4v) is 5.61. The Hall–Kier alpha value is -3.72. The minimum atomic E-state index is -0.957. The van der Waals surface area contributed by atoms with Crippen molar-refractivity contribution in [3.05, 3.63) is 76.8 Å². The lowest BCUT2D eigenvalue weighted by Crippen LogP contribution is -2.63. The molecule has 0 saturated carbocycles. The van der Waals surface area contributed by atoms with E-state index in [4.69, 9.17) is 4.98 Å². The molecule has 182 valence electrons. The molecule has 1 fully saturated rings. The topological polar surface area (TPSA) is 112 Å². The number of hydrogen-bond acceptors (Lipinski definition) is 6. The Kier molecular flexibility index (Phi) is 6.02. The summed E-state index contributed by atoms with van der Waals surface area (Å²) in [4.78, 5) is 37.6. The zero-order valence-corrected chi connectivity index (χ0v) is 19.6. The van der Waals surface area contributed by atoms with Crippen LogP contribution in [0, 0.1) is 5.92 Å². The van der Waals surface area contributed by atoms with Crippen LogP contribution in [0.4, 0.5) is 10.7 Å². The van der Waals surface area contributed by atoms with Gasteiger partial charge in [-0.3, -0.25) is 14.3 Å². The van der Waals surface area contributed by atoms with Crippen LogP contribution in [0.3, 0.4) is 0 Å². The lowest BCUT2D eigenvalue weighted by Gasteiger charge is -2.51. The van der Waals surface area contributed by atoms with E-state index in [1.165, 1.54) is 11.0 Å². The first-order valence-corrected chi connectivity index (χ1v) is 11.9. The van der Waals surface area contributed by atoms with Gasteiger partial charge < -0.3 is 20.0 Å². The molecule has 1 amide bonds. The standard InChI is InChI=1S/C26H29N5O4/c1-2-20-15-30-23(33)14-21(18-8-11-27-12-9-18)28-24(30)31(16-22(32)19-6-4-3-5-7-19)26(20)10-13-29(17-26)25(34)35/h3-9,11-12,14,20,22,32H,2,10,13,15-17H2,1H3,(H,34,35)/t20?,22-,26?/m1/s1. The molecule has 35 heavy (non-hydrogen) atoms. The zero-order valence-electron chi connectivity index (χ0n) is 19.6. The minimum Gasteiger partial charge on any atom is -0.465 e. The van der Waals surface area contributed by atoms with Crippen LogP contribution in [-0.2, 0) is 6.54 Å². The number of amides is 1. The van der Waals surface area contributed by atoms with E-state index in [9.17, 15) is 19.8 Å². The predicted octanol–water partition coefficient (Wildman–Crippen LogP) is 3.01. The Bertz CT molecular complexity index is 1270. The van der Waals surface area contributed by atoms with Crippen molar-refractivity contribution in [2.75, 3.05) is 24.5 Å². The number of aromatic nitrogens is 3. The van der Waals surface area contributed by atoms with Gasteiger partial charge in [-0.1, -0.05) is 37.3 Å². The van der Waals surface area contributed by atoms with E-state index in [0.717, 1.165) is 17.5 Å². The molecule has 1 aromatic carbocycles. The lowest BCUT2D eigenvalue weighted by atomic mass is 9.77. The van der Waals surface area contributed by atoms with Crippen molar-refractivity contribution in [2.45, 2.75) is 38.0 Å². The van der Waals surface area contributed by atoms with Crippen LogP contribution >= 0.6 is 0 Å². The largest absolute Gasteiger partial charge is 0.465 e.